The molecule has 0 bridgehead atoms. The van der Waals surface area contributed by atoms with Crippen LogP contribution in [0.3, 0.4) is 0 Å². The van der Waals surface area contributed by atoms with Crippen LogP contribution in [0.4, 0.5) is 5.69 Å². The molecule has 0 atom stereocenters. The third-order valence-electron chi connectivity index (χ3n) is 3.15. The molecule has 0 spiro atoms. The molecule has 0 radical (unpaired) electrons. The second-order valence-electron chi connectivity index (χ2n) is 4.97. The van der Waals surface area contributed by atoms with Crippen LogP contribution < -0.4 is 14.8 Å². The molecule has 0 fully saturated rings. The molecule has 23 heavy (non-hydrogen) atoms. The first-order valence-electron chi connectivity index (χ1n) is 7.00. The van der Waals surface area contributed by atoms with E-state index in [1.165, 1.54) is 7.11 Å². The number of aryl methyl sites for hydroxylation is 1. The average Bonchev–Trinajstić information content (AvgIpc) is 2.55. The van der Waals surface area contributed by atoms with Crippen molar-refractivity contribution in [1.29, 1.82) is 0 Å². The number of aliphatic hydroxyl groups excluding tert-OH is 1. The van der Waals surface area contributed by atoms with E-state index in [1.807, 2.05) is 31.2 Å². The van der Waals surface area contributed by atoms with Crippen molar-refractivity contribution >= 4 is 23.2 Å². The highest BCUT2D eigenvalue weighted by atomic mass is 35.5. The maximum absolute atomic E-state index is 11.9. The summed E-state index contributed by atoms with van der Waals surface area (Å²) >= 11 is 6.11. The third-order valence-corrected chi connectivity index (χ3v) is 3.44. The Hall–Kier alpha value is -2.24. The number of amides is 1. The van der Waals surface area contributed by atoms with Crippen molar-refractivity contribution in [3.8, 4) is 11.5 Å². The van der Waals surface area contributed by atoms with Crippen LogP contribution in [0.5, 0.6) is 11.5 Å². The van der Waals surface area contributed by atoms with Crippen LogP contribution in [0.15, 0.2) is 36.4 Å². The summed E-state index contributed by atoms with van der Waals surface area (Å²) in [4.78, 5) is 11.9. The standard InChI is InChI=1S/C17H18ClNO4/c1-11-3-5-13(6-4-11)19-16(21)10-23-17-14(18)7-12(9-20)8-15(17)22-2/h3-8,20H,9-10H2,1-2H3,(H,19,21). The summed E-state index contributed by atoms with van der Waals surface area (Å²) in [5.41, 5.74) is 2.40. The lowest BCUT2D eigenvalue weighted by Gasteiger charge is -2.13. The second kappa shape index (κ2) is 7.85. The van der Waals surface area contributed by atoms with Gasteiger partial charge in [-0.15, -0.1) is 0 Å². The maximum atomic E-state index is 11.9. The van der Waals surface area contributed by atoms with Crippen LogP contribution in [0.1, 0.15) is 11.1 Å². The normalized spacial score (nSPS) is 10.3. The summed E-state index contributed by atoms with van der Waals surface area (Å²) in [7, 11) is 1.46. The predicted molar refractivity (Wildman–Crippen MR) is 89.2 cm³/mol. The minimum absolute atomic E-state index is 0.162. The minimum atomic E-state index is -0.307. The van der Waals surface area contributed by atoms with Gasteiger partial charge in [-0.2, -0.15) is 0 Å². The van der Waals surface area contributed by atoms with Gasteiger partial charge in [0.1, 0.15) is 0 Å². The molecule has 0 aliphatic rings. The van der Waals surface area contributed by atoms with Crippen LogP contribution in [0.2, 0.25) is 5.02 Å². The fraction of sp³-hybridized carbons (Fsp3) is 0.235. The SMILES string of the molecule is COc1cc(CO)cc(Cl)c1OCC(=O)Nc1ccc(C)cc1. The van der Waals surface area contributed by atoms with Crippen LogP contribution in [0.25, 0.3) is 0 Å². The molecule has 2 N–H and O–H groups in total. The zero-order chi connectivity index (χ0) is 16.8. The number of carbonyl (C=O) groups excluding carboxylic acids is 1. The van der Waals surface area contributed by atoms with Gasteiger partial charge < -0.3 is 19.9 Å². The van der Waals surface area contributed by atoms with Gasteiger partial charge in [0.15, 0.2) is 18.1 Å². The van der Waals surface area contributed by atoms with Gasteiger partial charge in [-0.25, -0.2) is 0 Å². The third kappa shape index (κ3) is 4.61. The fourth-order valence-corrected chi connectivity index (χ4v) is 2.26. The van der Waals surface area contributed by atoms with Crippen molar-refractivity contribution < 1.29 is 19.4 Å². The molecule has 0 heterocycles. The number of carbonyl (C=O) groups is 1. The number of hydrogen-bond acceptors (Lipinski definition) is 4. The Morgan fingerprint density at radius 1 is 1.26 bits per heavy atom. The number of rotatable bonds is 6. The molecule has 0 aliphatic carbocycles. The van der Waals surface area contributed by atoms with Gasteiger partial charge in [-0.05, 0) is 36.8 Å². The average molecular weight is 336 g/mol. The van der Waals surface area contributed by atoms with E-state index in [9.17, 15) is 4.79 Å². The summed E-state index contributed by atoms with van der Waals surface area (Å²) in [6, 6.07) is 10.6. The number of nitrogens with one attached hydrogen (secondary N) is 1. The molecule has 1 amide bonds. The quantitative estimate of drug-likeness (QED) is 0.851. The number of hydrogen-bond donors (Lipinski definition) is 2. The number of anilines is 1. The Morgan fingerprint density at radius 3 is 2.57 bits per heavy atom. The number of ether oxygens (including phenoxy) is 2. The number of halogens is 1. The number of aliphatic hydroxyl groups is 1. The second-order valence-corrected chi connectivity index (χ2v) is 5.38. The molecule has 5 nitrogen and oxygen atoms in total. The molecular formula is C17H18ClNO4. The topological polar surface area (TPSA) is 67.8 Å². The highest BCUT2D eigenvalue weighted by molar-refractivity contribution is 6.32. The van der Waals surface area contributed by atoms with Gasteiger partial charge in [0.25, 0.3) is 5.91 Å². The van der Waals surface area contributed by atoms with Crippen molar-refractivity contribution in [3.05, 3.63) is 52.5 Å². The van der Waals surface area contributed by atoms with Crippen molar-refractivity contribution in [1.82, 2.24) is 0 Å². The summed E-state index contributed by atoms with van der Waals surface area (Å²) < 4.78 is 10.6. The number of methoxy groups -OCH3 is 1. The smallest absolute Gasteiger partial charge is 0.262 e. The van der Waals surface area contributed by atoms with Crippen molar-refractivity contribution in [2.75, 3.05) is 19.0 Å². The minimum Gasteiger partial charge on any atom is -0.493 e. The molecule has 122 valence electrons. The van der Waals surface area contributed by atoms with Gasteiger partial charge in [0.2, 0.25) is 0 Å². The van der Waals surface area contributed by atoms with Crippen LogP contribution in [-0.4, -0.2) is 24.7 Å². The van der Waals surface area contributed by atoms with Crippen molar-refractivity contribution in [2.24, 2.45) is 0 Å². The van der Waals surface area contributed by atoms with E-state index in [0.29, 0.717) is 17.0 Å². The van der Waals surface area contributed by atoms with Crippen LogP contribution >= 0.6 is 11.6 Å². The van der Waals surface area contributed by atoms with Gasteiger partial charge in [-0.1, -0.05) is 29.3 Å². The van der Waals surface area contributed by atoms with E-state index >= 15 is 0 Å². The Balaban J connectivity index is 2.02. The molecule has 0 aliphatic heterocycles. The van der Waals surface area contributed by atoms with Gasteiger partial charge >= 0.3 is 0 Å². The zero-order valence-electron chi connectivity index (χ0n) is 12.9. The molecule has 6 heteroatoms. The molecule has 2 aromatic carbocycles. The Bertz CT molecular complexity index is 686. The monoisotopic (exact) mass is 335 g/mol. The van der Waals surface area contributed by atoms with E-state index in [4.69, 9.17) is 26.2 Å². The first kappa shape index (κ1) is 17.1. The Kier molecular flexibility index (Phi) is 5.84. The molecule has 2 rings (SSSR count). The zero-order valence-corrected chi connectivity index (χ0v) is 13.7. The first-order chi connectivity index (χ1) is 11.0. The van der Waals surface area contributed by atoms with E-state index in [1.54, 1.807) is 12.1 Å². The highest BCUT2D eigenvalue weighted by Gasteiger charge is 2.13. The first-order valence-corrected chi connectivity index (χ1v) is 7.38. The van der Waals surface area contributed by atoms with E-state index < -0.39 is 0 Å². The molecular weight excluding hydrogens is 318 g/mol. The molecule has 0 saturated heterocycles. The highest BCUT2D eigenvalue weighted by Crippen LogP contribution is 2.36. The largest absolute Gasteiger partial charge is 0.493 e. The summed E-state index contributed by atoms with van der Waals surface area (Å²) in [5.74, 6) is 0.327. The van der Waals surface area contributed by atoms with E-state index in [-0.39, 0.29) is 29.9 Å². The van der Waals surface area contributed by atoms with Crippen molar-refractivity contribution in [2.45, 2.75) is 13.5 Å². The molecule has 0 saturated carbocycles. The molecule has 0 unspecified atom stereocenters. The lowest BCUT2D eigenvalue weighted by Crippen LogP contribution is -2.20. The Morgan fingerprint density at radius 2 is 1.96 bits per heavy atom. The van der Waals surface area contributed by atoms with Crippen LogP contribution in [-0.2, 0) is 11.4 Å². The van der Waals surface area contributed by atoms with Gasteiger partial charge in [0, 0.05) is 5.69 Å². The maximum Gasteiger partial charge on any atom is 0.262 e. The van der Waals surface area contributed by atoms with E-state index in [0.717, 1.165) is 5.56 Å². The lowest BCUT2D eigenvalue weighted by atomic mass is 10.2. The summed E-state index contributed by atoms with van der Waals surface area (Å²) in [6.45, 7) is 1.60. The fourth-order valence-electron chi connectivity index (χ4n) is 1.98. The Labute approximate surface area is 139 Å². The van der Waals surface area contributed by atoms with Crippen LogP contribution in [0, 0.1) is 6.92 Å². The van der Waals surface area contributed by atoms with Gasteiger partial charge in [-0.3, -0.25) is 4.79 Å². The number of benzene rings is 2. The van der Waals surface area contributed by atoms with Crippen molar-refractivity contribution in [3.63, 3.8) is 0 Å². The molecule has 2 aromatic rings. The van der Waals surface area contributed by atoms with E-state index in [2.05, 4.69) is 5.32 Å². The lowest BCUT2D eigenvalue weighted by molar-refractivity contribution is -0.118. The predicted octanol–water partition coefficient (Wildman–Crippen LogP) is 3.17. The van der Waals surface area contributed by atoms with Gasteiger partial charge in [0.05, 0.1) is 18.7 Å². The summed E-state index contributed by atoms with van der Waals surface area (Å²) in [6.07, 6.45) is 0. The summed E-state index contributed by atoms with van der Waals surface area (Å²) in [5, 5.41) is 12.2. The molecule has 0 aromatic heterocycles.